The molecule has 2 rings (SSSR count). The first-order chi connectivity index (χ1) is 10.4. The molecule has 0 aliphatic carbocycles. The lowest BCUT2D eigenvalue weighted by Gasteiger charge is -2.08. The number of carbonyl (C=O) groups excluding carboxylic acids is 1. The summed E-state index contributed by atoms with van der Waals surface area (Å²) in [6.07, 6.45) is -1.15. The molecule has 4 nitrogen and oxygen atoms in total. The van der Waals surface area contributed by atoms with Crippen molar-refractivity contribution in [1.82, 2.24) is 9.78 Å². The summed E-state index contributed by atoms with van der Waals surface area (Å²) < 4.78 is 44.3. The Morgan fingerprint density at radius 2 is 2.09 bits per heavy atom. The lowest BCUT2D eigenvalue weighted by atomic mass is 10.1. The summed E-state index contributed by atoms with van der Waals surface area (Å²) in [5.74, 6) is -0.360. The Bertz CT molecular complexity index is 650. The molecule has 7 heteroatoms. The molecule has 0 unspecified atom stereocenters. The van der Waals surface area contributed by atoms with Crippen LogP contribution in [-0.4, -0.2) is 22.4 Å². The van der Waals surface area contributed by atoms with Gasteiger partial charge in [0, 0.05) is 11.8 Å². The summed E-state index contributed by atoms with van der Waals surface area (Å²) in [6.45, 7) is 2.22. The van der Waals surface area contributed by atoms with Gasteiger partial charge in [-0.2, -0.15) is 18.3 Å². The van der Waals surface area contributed by atoms with Crippen molar-refractivity contribution >= 4 is 5.97 Å². The molecule has 0 N–H and O–H groups in total. The van der Waals surface area contributed by atoms with E-state index in [4.69, 9.17) is 4.74 Å². The molecule has 0 saturated heterocycles. The summed E-state index contributed by atoms with van der Waals surface area (Å²) in [6, 6.07) is 5.08. The second-order valence-corrected chi connectivity index (χ2v) is 4.73. The van der Waals surface area contributed by atoms with Gasteiger partial charge in [0.1, 0.15) is 0 Å². The third-order valence-electron chi connectivity index (χ3n) is 2.94. The monoisotopic (exact) mass is 312 g/mol. The molecule has 1 aromatic carbocycles. The minimum absolute atomic E-state index is 0.0937. The molecule has 0 atom stereocenters. The average molecular weight is 312 g/mol. The van der Waals surface area contributed by atoms with E-state index in [9.17, 15) is 18.0 Å². The van der Waals surface area contributed by atoms with E-state index < -0.39 is 11.7 Å². The number of esters is 1. The number of aromatic nitrogens is 2. The predicted octanol–water partition coefficient (Wildman–Crippen LogP) is 3.06. The van der Waals surface area contributed by atoms with Crippen molar-refractivity contribution in [1.29, 1.82) is 0 Å². The van der Waals surface area contributed by atoms with Crippen LogP contribution in [0.4, 0.5) is 13.2 Å². The fraction of sp³-hybridized carbons (Fsp3) is 0.333. The molecule has 0 amide bonds. The van der Waals surface area contributed by atoms with Crippen LogP contribution in [0, 0.1) is 0 Å². The van der Waals surface area contributed by atoms with Gasteiger partial charge in [0.25, 0.3) is 0 Å². The van der Waals surface area contributed by atoms with E-state index in [1.54, 1.807) is 19.2 Å². The lowest BCUT2D eigenvalue weighted by Crippen LogP contribution is -2.07. The number of alkyl halides is 3. The van der Waals surface area contributed by atoms with Crippen LogP contribution in [0.5, 0.6) is 0 Å². The van der Waals surface area contributed by atoms with E-state index >= 15 is 0 Å². The zero-order valence-corrected chi connectivity index (χ0v) is 11.9. The summed E-state index contributed by atoms with van der Waals surface area (Å²) in [4.78, 5) is 11.4. The average Bonchev–Trinajstić information content (AvgIpc) is 2.85. The first-order valence-corrected chi connectivity index (χ1v) is 6.71. The molecule has 22 heavy (non-hydrogen) atoms. The van der Waals surface area contributed by atoms with Gasteiger partial charge in [-0.25, -0.2) is 0 Å². The zero-order chi connectivity index (χ0) is 16.2. The zero-order valence-electron chi connectivity index (χ0n) is 11.9. The van der Waals surface area contributed by atoms with Crippen molar-refractivity contribution in [2.75, 3.05) is 6.61 Å². The maximum atomic E-state index is 12.7. The van der Waals surface area contributed by atoms with Crippen LogP contribution in [-0.2, 0) is 28.7 Å². The molecule has 0 bridgehead atoms. The molecular formula is C15H15F3N2O2. The maximum absolute atomic E-state index is 12.7. The van der Waals surface area contributed by atoms with E-state index in [0.29, 0.717) is 17.7 Å². The number of benzene rings is 1. The quantitative estimate of drug-likeness (QED) is 0.797. The number of halogens is 3. The van der Waals surface area contributed by atoms with E-state index in [1.165, 1.54) is 16.9 Å². The number of hydrogen-bond donors (Lipinski definition) is 0. The van der Waals surface area contributed by atoms with E-state index in [2.05, 4.69) is 5.10 Å². The Hall–Kier alpha value is -2.31. The van der Waals surface area contributed by atoms with Gasteiger partial charge < -0.3 is 4.74 Å². The Morgan fingerprint density at radius 3 is 2.77 bits per heavy atom. The van der Waals surface area contributed by atoms with Crippen LogP contribution >= 0.6 is 0 Å². The van der Waals surface area contributed by atoms with Crippen LogP contribution in [0.3, 0.4) is 0 Å². The van der Waals surface area contributed by atoms with Crippen LogP contribution in [0.2, 0.25) is 0 Å². The van der Waals surface area contributed by atoms with Gasteiger partial charge in [-0.15, -0.1) is 0 Å². The third kappa shape index (κ3) is 4.34. The Kier molecular flexibility index (Phi) is 4.85. The van der Waals surface area contributed by atoms with Gasteiger partial charge in [-0.05, 0) is 24.6 Å². The molecule has 1 heterocycles. The highest BCUT2D eigenvalue weighted by Gasteiger charge is 2.30. The number of hydrogen-bond acceptors (Lipinski definition) is 3. The number of carbonyl (C=O) groups is 1. The van der Waals surface area contributed by atoms with Crippen LogP contribution in [0.15, 0.2) is 36.7 Å². The molecule has 2 aromatic rings. The van der Waals surface area contributed by atoms with Gasteiger partial charge in [0.05, 0.1) is 31.3 Å². The Morgan fingerprint density at radius 1 is 1.32 bits per heavy atom. The highest BCUT2D eigenvalue weighted by Crippen LogP contribution is 2.29. The number of rotatable bonds is 5. The summed E-state index contributed by atoms with van der Waals surface area (Å²) in [7, 11) is 0. The first-order valence-electron chi connectivity index (χ1n) is 6.71. The SMILES string of the molecule is CCOC(=O)Cc1cnn(Cc2cccc(C(F)(F)F)c2)c1. The maximum Gasteiger partial charge on any atom is 0.416 e. The fourth-order valence-electron chi connectivity index (χ4n) is 2.00. The molecule has 0 saturated carbocycles. The predicted molar refractivity (Wildman–Crippen MR) is 73.1 cm³/mol. The molecule has 1 aromatic heterocycles. The van der Waals surface area contributed by atoms with Crippen molar-refractivity contribution in [2.45, 2.75) is 26.1 Å². The van der Waals surface area contributed by atoms with Gasteiger partial charge in [0.2, 0.25) is 0 Å². The standard InChI is InChI=1S/C15H15F3N2O2/c1-2-22-14(21)7-12-8-19-20(10-12)9-11-4-3-5-13(6-11)15(16,17)18/h3-6,8,10H,2,7,9H2,1H3. The minimum atomic E-state index is -4.37. The van der Waals surface area contributed by atoms with E-state index in [0.717, 1.165) is 12.1 Å². The first kappa shape index (κ1) is 16.1. The van der Waals surface area contributed by atoms with Crippen molar-refractivity contribution in [2.24, 2.45) is 0 Å². The number of nitrogens with zero attached hydrogens (tertiary/aromatic N) is 2. The van der Waals surface area contributed by atoms with Crippen LogP contribution in [0.1, 0.15) is 23.6 Å². The van der Waals surface area contributed by atoms with Crippen molar-refractivity contribution in [3.05, 3.63) is 53.3 Å². The van der Waals surface area contributed by atoms with E-state index in [1.807, 2.05) is 0 Å². The van der Waals surface area contributed by atoms with Crippen LogP contribution < -0.4 is 0 Å². The highest BCUT2D eigenvalue weighted by atomic mass is 19.4. The summed E-state index contributed by atoms with van der Waals surface area (Å²) in [5.41, 5.74) is 0.454. The Labute approximate surface area is 125 Å². The largest absolute Gasteiger partial charge is 0.466 e. The third-order valence-corrected chi connectivity index (χ3v) is 2.94. The second-order valence-electron chi connectivity index (χ2n) is 4.73. The highest BCUT2D eigenvalue weighted by molar-refractivity contribution is 5.72. The molecule has 0 radical (unpaired) electrons. The molecule has 118 valence electrons. The summed E-state index contributed by atoms with van der Waals surface area (Å²) >= 11 is 0. The summed E-state index contributed by atoms with van der Waals surface area (Å²) in [5, 5.41) is 4.04. The lowest BCUT2D eigenvalue weighted by molar-refractivity contribution is -0.142. The molecule has 0 aliphatic heterocycles. The normalized spacial score (nSPS) is 11.5. The van der Waals surface area contributed by atoms with E-state index in [-0.39, 0.29) is 18.9 Å². The minimum Gasteiger partial charge on any atom is -0.466 e. The van der Waals surface area contributed by atoms with Crippen molar-refractivity contribution < 1.29 is 22.7 Å². The van der Waals surface area contributed by atoms with Crippen molar-refractivity contribution in [3.8, 4) is 0 Å². The second kappa shape index (κ2) is 6.64. The van der Waals surface area contributed by atoms with Gasteiger partial charge in [-0.3, -0.25) is 9.48 Å². The van der Waals surface area contributed by atoms with Crippen LogP contribution in [0.25, 0.3) is 0 Å². The smallest absolute Gasteiger partial charge is 0.416 e. The molecule has 0 aliphatic rings. The Balaban J connectivity index is 2.06. The topological polar surface area (TPSA) is 44.1 Å². The molecule has 0 fully saturated rings. The van der Waals surface area contributed by atoms with Crippen molar-refractivity contribution in [3.63, 3.8) is 0 Å². The van der Waals surface area contributed by atoms with Gasteiger partial charge in [-0.1, -0.05) is 12.1 Å². The van der Waals surface area contributed by atoms with Gasteiger partial charge >= 0.3 is 12.1 Å². The van der Waals surface area contributed by atoms with Gasteiger partial charge in [0.15, 0.2) is 0 Å². The fourth-order valence-corrected chi connectivity index (χ4v) is 2.00. The molecular weight excluding hydrogens is 297 g/mol. The molecule has 0 spiro atoms. The number of ether oxygens (including phenoxy) is 1.